The first-order valence-electron chi connectivity index (χ1n) is 4.39. The number of hydrogen-bond donors (Lipinski definition) is 3. The molecule has 0 saturated heterocycles. The molecule has 3 N–H and O–H groups in total. The fourth-order valence-electron chi connectivity index (χ4n) is 1.25. The van der Waals surface area contributed by atoms with Crippen LogP contribution in [0.5, 0.6) is 11.5 Å². The summed E-state index contributed by atoms with van der Waals surface area (Å²) in [5.74, 6) is -1.60. The van der Waals surface area contributed by atoms with Gasteiger partial charge in [-0.3, -0.25) is 0 Å². The van der Waals surface area contributed by atoms with Crippen molar-refractivity contribution >= 4 is 5.97 Å². The van der Waals surface area contributed by atoms with Crippen LogP contribution < -0.4 is 0 Å². The molecule has 2 rings (SSSR count). The maximum atomic E-state index is 10.6. The minimum absolute atomic E-state index is 0.0959. The maximum absolute atomic E-state index is 10.6. The van der Waals surface area contributed by atoms with E-state index in [0.717, 1.165) is 0 Å². The number of carbonyl (C=O) groups is 1. The Morgan fingerprint density at radius 2 is 1.81 bits per heavy atom. The van der Waals surface area contributed by atoms with Crippen LogP contribution in [0.3, 0.4) is 0 Å². The van der Waals surface area contributed by atoms with Crippen LogP contribution in [0.2, 0.25) is 0 Å². The average Bonchev–Trinajstić information content (AvgIpc) is 2.61. The predicted molar refractivity (Wildman–Crippen MR) is 53.9 cm³/mol. The number of phenols is 1. The third-order valence-electron chi connectivity index (χ3n) is 2.01. The first-order valence-corrected chi connectivity index (χ1v) is 4.39. The summed E-state index contributed by atoms with van der Waals surface area (Å²) in [6, 6.07) is 5.98. The van der Waals surface area contributed by atoms with Gasteiger partial charge < -0.3 is 15.3 Å². The van der Waals surface area contributed by atoms with Crippen molar-refractivity contribution in [1.29, 1.82) is 0 Å². The van der Waals surface area contributed by atoms with Gasteiger partial charge in [0.05, 0.1) is 11.9 Å². The number of nitrogens with zero attached hydrogens (tertiary/aromatic N) is 2. The van der Waals surface area contributed by atoms with Gasteiger partial charge in [-0.2, -0.15) is 5.10 Å². The van der Waals surface area contributed by atoms with E-state index in [1.54, 1.807) is 12.1 Å². The molecule has 0 spiro atoms. The van der Waals surface area contributed by atoms with Crippen molar-refractivity contribution in [2.75, 3.05) is 0 Å². The van der Waals surface area contributed by atoms with Gasteiger partial charge in [-0.05, 0) is 24.3 Å². The van der Waals surface area contributed by atoms with Gasteiger partial charge in [0.2, 0.25) is 5.69 Å². The fraction of sp³-hybridized carbons (Fsp3) is 0. The van der Waals surface area contributed by atoms with E-state index in [9.17, 15) is 9.90 Å². The highest BCUT2D eigenvalue weighted by Crippen LogP contribution is 2.19. The van der Waals surface area contributed by atoms with Crippen LogP contribution in [0.1, 0.15) is 10.5 Å². The van der Waals surface area contributed by atoms with Crippen LogP contribution in [0.4, 0.5) is 0 Å². The molecule has 0 amide bonds. The van der Waals surface area contributed by atoms with Crippen LogP contribution in [0.25, 0.3) is 5.69 Å². The third kappa shape index (κ3) is 1.68. The van der Waals surface area contributed by atoms with Crippen molar-refractivity contribution in [1.82, 2.24) is 9.78 Å². The van der Waals surface area contributed by atoms with Crippen LogP contribution in [-0.2, 0) is 0 Å². The van der Waals surface area contributed by atoms with E-state index >= 15 is 0 Å². The zero-order valence-corrected chi connectivity index (χ0v) is 8.03. The summed E-state index contributed by atoms with van der Waals surface area (Å²) in [4.78, 5) is 10.6. The Morgan fingerprint density at radius 1 is 1.19 bits per heavy atom. The van der Waals surface area contributed by atoms with E-state index in [0.29, 0.717) is 5.69 Å². The van der Waals surface area contributed by atoms with Crippen molar-refractivity contribution in [3.63, 3.8) is 0 Å². The van der Waals surface area contributed by atoms with E-state index in [2.05, 4.69) is 5.10 Å². The second kappa shape index (κ2) is 3.58. The lowest BCUT2D eigenvalue weighted by Gasteiger charge is -1.99. The monoisotopic (exact) mass is 220 g/mol. The molecule has 6 nitrogen and oxygen atoms in total. The highest BCUT2D eigenvalue weighted by atomic mass is 16.4. The first kappa shape index (κ1) is 10.0. The molecular weight excluding hydrogens is 212 g/mol. The largest absolute Gasteiger partial charge is 0.508 e. The van der Waals surface area contributed by atoms with Crippen LogP contribution >= 0.6 is 0 Å². The summed E-state index contributed by atoms with van der Waals surface area (Å²) in [7, 11) is 0. The summed E-state index contributed by atoms with van der Waals surface area (Å²) >= 11 is 0. The number of aromatic nitrogens is 2. The smallest absolute Gasteiger partial charge is 0.360 e. The van der Waals surface area contributed by atoms with Gasteiger partial charge in [0.15, 0.2) is 5.75 Å². The standard InChI is InChI=1S/C10H8N2O4/c13-7-3-1-6(2-4-7)12-5-8(14)9(11-12)10(15)16/h1-5,13-14H,(H,15,16). The lowest BCUT2D eigenvalue weighted by molar-refractivity contribution is 0.0687. The van der Waals surface area contributed by atoms with Crippen molar-refractivity contribution in [2.45, 2.75) is 0 Å². The predicted octanol–water partition coefficient (Wildman–Crippen LogP) is 0.982. The zero-order valence-electron chi connectivity index (χ0n) is 8.03. The Bertz CT molecular complexity index is 530. The molecule has 2 aromatic rings. The summed E-state index contributed by atoms with van der Waals surface area (Å²) in [6.07, 6.45) is 1.19. The van der Waals surface area contributed by atoms with Crippen LogP contribution in [-0.4, -0.2) is 31.1 Å². The maximum Gasteiger partial charge on any atom is 0.360 e. The minimum Gasteiger partial charge on any atom is -0.508 e. The van der Waals surface area contributed by atoms with E-state index in [-0.39, 0.29) is 5.75 Å². The molecule has 0 bridgehead atoms. The number of rotatable bonds is 2. The van der Waals surface area contributed by atoms with E-state index in [1.165, 1.54) is 23.0 Å². The molecule has 0 saturated carbocycles. The number of carboxylic acids is 1. The van der Waals surface area contributed by atoms with Gasteiger partial charge >= 0.3 is 5.97 Å². The first-order chi connectivity index (χ1) is 7.58. The number of phenolic OH excluding ortho intramolecular Hbond substituents is 1. The molecule has 0 aliphatic carbocycles. The molecule has 0 unspecified atom stereocenters. The van der Waals surface area contributed by atoms with Gasteiger partial charge in [-0.15, -0.1) is 0 Å². The highest BCUT2D eigenvalue weighted by molar-refractivity contribution is 5.88. The molecule has 16 heavy (non-hydrogen) atoms. The molecule has 1 aromatic carbocycles. The Morgan fingerprint density at radius 3 is 2.31 bits per heavy atom. The number of carboxylic acid groups (broad SMARTS) is 1. The molecule has 1 aromatic heterocycles. The Hall–Kier alpha value is -2.50. The van der Waals surface area contributed by atoms with Gasteiger partial charge in [-0.25, -0.2) is 9.48 Å². The zero-order chi connectivity index (χ0) is 11.7. The molecule has 6 heteroatoms. The van der Waals surface area contributed by atoms with Gasteiger partial charge in [0.1, 0.15) is 5.75 Å². The number of aromatic carboxylic acids is 1. The second-order valence-electron chi connectivity index (χ2n) is 3.13. The fourth-order valence-corrected chi connectivity index (χ4v) is 1.25. The van der Waals surface area contributed by atoms with E-state index < -0.39 is 17.4 Å². The third-order valence-corrected chi connectivity index (χ3v) is 2.01. The van der Waals surface area contributed by atoms with Gasteiger partial charge in [0, 0.05) is 0 Å². The quantitative estimate of drug-likeness (QED) is 0.701. The SMILES string of the molecule is O=C(O)c1nn(-c2ccc(O)cc2)cc1O. The Labute approximate surface area is 90.0 Å². The van der Waals surface area contributed by atoms with Crippen LogP contribution in [0.15, 0.2) is 30.5 Å². The summed E-state index contributed by atoms with van der Waals surface area (Å²) in [5, 5.41) is 30.8. The van der Waals surface area contributed by atoms with Crippen molar-refractivity contribution in [3.05, 3.63) is 36.2 Å². The lowest BCUT2D eigenvalue weighted by Crippen LogP contribution is -2.00. The van der Waals surface area contributed by atoms with E-state index in [1.807, 2.05) is 0 Å². The van der Waals surface area contributed by atoms with Crippen molar-refractivity contribution < 1.29 is 20.1 Å². The van der Waals surface area contributed by atoms with Crippen molar-refractivity contribution in [3.8, 4) is 17.2 Å². The number of hydrogen-bond acceptors (Lipinski definition) is 4. The molecule has 0 fully saturated rings. The molecule has 0 radical (unpaired) electrons. The van der Waals surface area contributed by atoms with Crippen LogP contribution in [0, 0.1) is 0 Å². The summed E-state index contributed by atoms with van der Waals surface area (Å²) < 4.78 is 1.22. The molecule has 82 valence electrons. The average molecular weight is 220 g/mol. The second-order valence-corrected chi connectivity index (χ2v) is 3.13. The molecule has 1 heterocycles. The Kier molecular flexibility index (Phi) is 2.24. The molecule has 0 aliphatic rings. The number of benzene rings is 1. The van der Waals surface area contributed by atoms with Gasteiger partial charge in [0.25, 0.3) is 0 Å². The molecule has 0 atom stereocenters. The number of aromatic hydroxyl groups is 2. The topological polar surface area (TPSA) is 95.6 Å². The van der Waals surface area contributed by atoms with Crippen molar-refractivity contribution in [2.24, 2.45) is 0 Å². The minimum atomic E-state index is -1.30. The lowest BCUT2D eigenvalue weighted by atomic mass is 10.3. The summed E-state index contributed by atoms with van der Waals surface area (Å²) in [6.45, 7) is 0. The Balaban J connectivity index is 2.45. The molecular formula is C10H8N2O4. The van der Waals surface area contributed by atoms with E-state index in [4.69, 9.17) is 10.2 Å². The molecule has 0 aliphatic heterocycles. The highest BCUT2D eigenvalue weighted by Gasteiger charge is 2.15. The summed E-state index contributed by atoms with van der Waals surface area (Å²) in [5.41, 5.74) is 0.133. The normalized spacial score (nSPS) is 10.2. The van der Waals surface area contributed by atoms with Gasteiger partial charge in [-0.1, -0.05) is 0 Å².